The zero-order valence-corrected chi connectivity index (χ0v) is 12.6. The average molecular weight is 301 g/mol. The lowest BCUT2D eigenvalue weighted by atomic mass is 10.2. The van der Waals surface area contributed by atoms with Gasteiger partial charge < -0.3 is 9.88 Å². The van der Waals surface area contributed by atoms with Gasteiger partial charge in [0.15, 0.2) is 0 Å². The molecule has 2 rings (SSSR count). The highest BCUT2D eigenvalue weighted by molar-refractivity contribution is 6.29. The van der Waals surface area contributed by atoms with Gasteiger partial charge in [0, 0.05) is 36.9 Å². The Labute approximate surface area is 129 Å². The van der Waals surface area contributed by atoms with Crippen LogP contribution >= 0.6 is 11.6 Å². The summed E-state index contributed by atoms with van der Waals surface area (Å²) in [5, 5.41) is 3.53. The Balaban J connectivity index is 2.48. The van der Waals surface area contributed by atoms with Gasteiger partial charge in [0.1, 0.15) is 10.6 Å². The molecule has 1 N–H and O–H groups in total. The molecule has 0 fully saturated rings. The van der Waals surface area contributed by atoms with E-state index >= 15 is 0 Å². The van der Waals surface area contributed by atoms with Crippen LogP contribution in [0.1, 0.15) is 11.1 Å². The van der Waals surface area contributed by atoms with Crippen molar-refractivity contribution in [3.63, 3.8) is 0 Å². The van der Waals surface area contributed by atoms with Crippen LogP contribution < -0.4 is 10.8 Å². The Hall–Kier alpha value is -2.33. The standard InChI is InChI=1S/C16H17ClN4/c1-4-19-16-14(12(2)18-3)6-5-9-21(16)11-13-7-8-15(17)20-10-13/h4-10,18H,1-2,11H2,3H3/b19-16+. The van der Waals surface area contributed by atoms with E-state index in [2.05, 4.69) is 28.5 Å². The fourth-order valence-electron chi connectivity index (χ4n) is 1.97. The topological polar surface area (TPSA) is 42.2 Å². The number of aromatic nitrogens is 2. The molecule has 5 heteroatoms. The highest BCUT2D eigenvalue weighted by Crippen LogP contribution is 2.08. The van der Waals surface area contributed by atoms with E-state index in [9.17, 15) is 0 Å². The van der Waals surface area contributed by atoms with Gasteiger partial charge in [0.05, 0.1) is 6.54 Å². The second-order valence-electron chi connectivity index (χ2n) is 4.40. The molecule has 0 saturated carbocycles. The molecule has 0 aliphatic heterocycles. The van der Waals surface area contributed by atoms with Crippen LogP contribution in [-0.2, 0) is 6.54 Å². The van der Waals surface area contributed by atoms with Crippen LogP contribution in [0, 0.1) is 0 Å². The van der Waals surface area contributed by atoms with Gasteiger partial charge in [-0.2, -0.15) is 0 Å². The lowest BCUT2D eigenvalue weighted by Gasteiger charge is -2.12. The second kappa shape index (κ2) is 6.90. The van der Waals surface area contributed by atoms with Crippen LogP contribution in [0.4, 0.5) is 0 Å². The van der Waals surface area contributed by atoms with Gasteiger partial charge in [-0.15, -0.1) is 0 Å². The first-order valence-electron chi connectivity index (χ1n) is 6.47. The van der Waals surface area contributed by atoms with Gasteiger partial charge in [-0.3, -0.25) is 0 Å². The molecule has 21 heavy (non-hydrogen) atoms. The number of rotatable bonds is 5. The molecule has 4 nitrogen and oxygen atoms in total. The molecule has 0 bridgehead atoms. The monoisotopic (exact) mass is 300 g/mol. The summed E-state index contributed by atoms with van der Waals surface area (Å²) in [7, 11) is 1.83. The van der Waals surface area contributed by atoms with E-state index in [0.717, 1.165) is 22.3 Å². The normalized spacial score (nSPS) is 11.2. The van der Waals surface area contributed by atoms with E-state index in [1.807, 2.05) is 36.0 Å². The third-order valence-electron chi connectivity index (χ3n) is 3.02. The van der Waals surface area contributed by atoms with Crippen molar-refractivity contribution in [1.29, 1.82) is 0 Å². The molecule has 0 amide bonds. The van der Waals surface area contributed by atoms with E-state index in [4.69, 9.17) is 11.6 Å². The Morgan fingerprint density at radius 1 is 1.48 bits per heavy atom. The highest BCUT2D eigenvalue weighted by atomic mass is 35.5. The summed E-state index contributed by atoms with van der Waals surface area (Å²) in [4.78, 5) is 8.46. The molecule has 0 spiro atoms. The minimum Gasteiger partial charge on any atom is -0.388 e. The van der Waals surface area contributed by atoms with Crippen molar-refractivity contribution in [2.45, 2.75) is 6.54 Å². The Bertz CT molecular complexity index is 714. The predicted octanol–water partition coefficient (Wildman–Crippen LogP) is 2.82. The zero-order valence-electron chi connectivity index (χ0n) is 11.9. The van der Waals surface area contributed by atoms with E-state index in [0.29, 0.717) is 11.7 Å². The molecule has 2 heterocycles. The van der Waals surface area contributed by atoms with E-state index in [-0.39, 0.29) is 0 Å². The second-order valence-corrected chi connectivity index (χ2v) is 4.79. The van der Waals surface area contributed by atoms with Crippen LogP contribution in [0.25, 0.3) is 5.70 Å². The van der Waals surface area contributed by atoms with Crippen molar-refractivity contribution in [2.24, 2.45) is 4.99 Å². The van der Waals surface area contributed by atoms with Gasteiger partial charge in [-0.05, 0) is 23.8 Å². The molecule has 0 atom stereocenters. The quantitative estimate of drug-likeness (QED) is 0.863. The van der Waals surface area contributed by atoms with Crippen LogP contribution in [0.2, 0.25) is 5.15 Å². The number of nitrogens with zero attached hydrogens (tertiary/aromatic N) is 3. The van der Waals surface area contributed by atoms with E-state index in [1.54, 1.807) is 12.3 Å². The maximum atomic E-state index is 5.81. The average Bonchev–Trinajstić information content (AvgIpc) is 2.50. The lowest BCUT2D eigenvalue weighted by Crippen LogP contribution is -2.26. The summed E-state index contributed by atoms with van der Waals surface area (Å²) in [6.07, 6.45) is 5.24. The number of halogens is 1. The van der Waals surface area contributed by atoms with Crippen molar-refractivity contribution in [2.75, 3.05) is 7.05 Å². The largest absolute Gasteiger partial charge is 0.388 e. The summed E-state index contributed by atoms with van der Waals surface area (Å²) in [5.74, 6) is 0. The number of pyridine rings is 2. The Kier molecular flexibility index (Phi) is 4.95. The fraction of sp³-hybridized carbons (Fsp3) is 0.125. The Morgan fingerprint density at radius 2 is 2.29 bits per heavy atom. The summed E-state index contributed by atoms with van der Waals surface area (Å²) in [5.41, 5.74) is 3.57. The third-order valence-corrected chi connectivity index (χ3v) is 3.25. The predicted molar refractivity (Wildman–Crippen MR) is 86.6 cm³/mol. The van der Waals surface area contributed by atoms with Crippen LogP contribution in [-0.4, -0.2) is 16.6 Å². The van der Waals surface area contributed by atoms with Gasteiger partial charge in [-0.1, -0.05) is 30.8 Å². The van der Waals surface area contributed by atoms with E-state index < -0.39 is 0 Å². The van der Waals surface area contributed by atoms with Crippen molar-refractivity contribution < 1.29 is 0 Å². The van der Waals surface area contributed by atoms with Gasteiger partial charge >= 0.3 is 0 Å². The summed E-state index contributed by atoms with van der Waals surface area (Å²) in [6.45, 7) is 8.32. The first kappa shape index (κ1) is 15.1. The zero-order chi connectivity index (χ0) is 15.2. The number of nitrogens with one attached hydrogen (secondary N) is 1. The number of hydrogen-bond acceptors (Lipinski definition) is 3. The molecule has 0 saturated heterocycles. The Morgan fingerprint density at radius 3 is 2.90 bits per heavy atom. The van der Waals surface area contributed by atoms with Crippen LogP contribution in [0.5, 0.6) is 0 Å². The number of hydrogen-bond donors (Lipinski definition) is 1. The first-order chi connectivity index (χ1) is 10.2. The van der Waals surface area contributed by atoms with Crippen LogP contribution in [0.15, 0.2) is 61.0 Å². The molecular weight excluding hydrogens is 284 g/mol. The minimum absolute atomic E-state index is 0.483. The molecule has 0 unspecified atom stereocenters. The molecule has 0 radical (unpaired) electrons. The van der Waals surface area contributed by atoms with Crippen molar-refractivity contribution in [1.82, 2.24) is 14.9 Å². The maximum absolute atomic E-state index is 5.81. The smallest absolute Gasteiger partial charge is 0.142 e. The summed E-state index contributed by atoms with van der Waals surface area (Å²) in [6, 6.07) is 7.65. The molecule has 0 aromatic carbocycles. The van der Waals surface area contributed by atoms with Crippen molar-refractivity contribution in [3.8, 4) is 0 Å². The minimum atomic E-state index is 0.483. The highest BCUT2D eigenvalue weighted by Gasteiger charge is 2.04. The first-order valence-corrected chi connectivity index (χ1v) is 6.85. The van der Waals surface area contributed by atoms with Gasteiger partial charge in [0.25, 0.3) is 0 Å². The fourth-order valence-corrected chi connectivity index (χ4v) is 2.08. The maximum Gasteiger partial charge on any atom is 0.142 e. The molecule has 108 valence electrons. The molecular formula is C16H17ClN4. The van der Waals surface area contributed by atoms with Crippen LogP contribution in [0.3, 0.4) is 0 Å². The molecule has 2 aromatic rings. The molecule has 0 aliphatic rings. The third kappa shape index (κ3) is 3.61. The van der Waals surface area contributed by atoms with Gasteiger partial charge in [0.2, 0.25) is 0 Å². The summed E-state index contributed by atoms with van der Waals surface area (Å²) < 4.78 is 2.02. The SMILES string of the molecule is C=C/N=c1\c(C(=C)NC)cccn1Cc1ccc(Cl)nc1. The molecule has 0 aliphatic carbocycles. The molecule has 2 aromatic heterocycles. The van der Waals surface area contributed by atoms with Crippen molar-refractivity contribution in [3.05, 3.63) is 77.8 Å². The lowest BCUT2D eigenvalue weighted by molar-refractivity contribution is 0.735. The van der Waals surface area contributed by atoms with Gasteiger partial charge in [-0.25, -0.2) is 9.98 Å². The van der Waals surface area contributed by atoms with Crippen molar-refractivity contribution >= 4 is 17.3 Å². The van der Waals surface area contributed by atoms with E-state index in [1.165, 1.54) is 6.20 Å². The summed E-state index contributed by atoms with van der Waals surface area (Å²) >= 11 is 5.81.